The van der Waals surface area contributed by atoms with Crippen LogP contribution in [0.1, 0.15) is 51.0 Å². The summed E-state index contributed by atoms with van der Waals surface area (Å²) in [6, 6.07) is 5.58. The van der Waals surface area contributed by atoms with E-state index in [0.29, 0.717) is 12.1 Å². The summed E-state index contributed by atoms with van der Waals surface area (Å²) in [6.45, 7) is -0.194. The first kappa shape index (κ1) is 24.6. The Morgan fingerprint density at radius 3 is 2.15 bits per heavy atom. The molecule has 1 aliphatic heterocycles. The van der Waals surface area contributed by atoms with Crippen LogP contribution < -0.4 is 5.32 Å². The maximum atomic E-state index is 13.4. The van der Waals surface area contributed by atoms with Gasteiger partial charge < -0.3 is 15.3 Å². The Hall–Kier alpha value is -3.08. The van der Waals surface area contributed by atoms with Gasteiger partial charge in [-0.2, -0.15) is 26.3 Å². The molecule has 0 aliphatic carbocycles. The van der Waals surface area contributed by atoms with Crippen molar-refractivity contribution in [3.8, 4) is 0 Å². The van der Waals surface area contributed by atoms with Gasteiger partial charge in [-0.1, -0.05) is 18.2 Å². The summed E-state index contributed by atoms with van der Waals surface area (Å²) in [5, 5.41) is 11.5. The van der Waals surface area contributed by atoms with E-state index in [1.165, 1.54) is 31.3 Å². The zero-order valence-electron chi connectivity index (χ0n) is 17.3. The molecule has 0 saturated carbocycles. The van der Waals surface area contributed by atoms with Gasteiger partial charge in [0.15, 0.2) is 0 Å². The SMILES string of the molecule is CN1C(=O)c2ccccc2C(C(=O)NCCCO)C1c1cc(C(F)(F)F)cc(C(F)(F)F)c1. The predicted octanol–water partition coefficient (Wildman–Crippen LogP) is 4.13. The van der Waals surface area contributed by atoms with E-state index in [4.69, 9.17) is 5.11 Å². The van der Waals surface area contributed by atoms with Gasteiger partial charge in [0.2, 0.25) is 5.91 Å². The van der Waals surface area contributed by atoms with E-state index < -0.39 is 52.8 Å². The van der Waals surface area contributed by atoms with Gasteiger partial charge in [0.05, 0.1) is 23.1 Å². The Morgan fingerprint density at radius 1 is 1.03 bits per heavy atom. The molecule has 0 fully saturated rings. The minimum Gasteiger partial charge on any atom is -0.396 e. The van der Waals surface area contributed by atoms with Gasteiger partial charge in [0.25, 0.3) is 5.91 Å². The van der Waals surface area contributed by atoms with Crippen molar-refractivity contribution in [1.29, 1.82) is 0 Å². The van der Waals surface area contributed by atoms with Crippen molar-refractivity contribution in [2.75, 3.05) is 20.2 Å². The fourth-order valence-corrected chi connectivity index (χ4v) is 3.92. The molecule has 1 aliphatic rings. The first-order valence-corrected chi connectivity index (χ1v) is 9.90. The monoisotopic (exact) mass is 474 g/mol. The molecule has 2 atom stereocenters. The summed E-state index contributed by atoms with van der Waals surface area (Å²) in [7, 11) is 1.23. The molecular weight excluding hydrogens is 454 g/mol. The maximum Gasteiger partial charge on any atom is 0.416 e. The zero-order chi connectivity index (χ0) is 24.6. The van der Waals surface area contributed by atoms with Crippen LogP contribution in [-0.2, 0) is 17.1 Å². The zero-order valence-corrected chi connectivity index (χ0v) is 17.3. The van der Waals surface area contributed by atoms with Crippen molar-refractivity contribution < 1.29 is 41.0 Å². The van der Waals surface area contributed by atoms with E-state index >= 15 is 0 Å². The smallest absolute Gasteiger partial charge is 0.396 e. The number of alkyl halides is 6. The van der Waals surface area contributed by atoms with Crippen molar-refractivity contribution in [3.63, 3.8) is 0 Å². The molecule has 1 heterocycles. The number of nitrogens with one attached hydrogen (secondary N) is 1. The third kappa shape index (κ3) is 4.97. The average molecular weight is 474 g/mol. The van der Waals surface area contributed by atoms with Crippen LogP contribution in [0.3, 0.4) is 0 Å². The molecule has 0 spiro atoms. The van der Waals surface area contributed by atoms with Crippen LogP contribution >= 0.6 is 0 Å². The number of aliphatic hydroxyl groups excluding tert-OH is 1. The van der Waals surface area contributed by atoms with Gasteiger partial charge >= 0.3 is 12.4 Å². The molecule has 0 radical (unpaired) electrons. The molecule has 0 bridgehead atoms. The van der Waals surface area contributed by atoms with E-state index in [9.17, 15) is 35.9 Å². The lowest BCUT2D eigenvalue weighted by Gasteiger charge is -2.40. The summed E-state index contributed by atoms with van der Waals surface area (Å²) < 4.78 is 80.6. The second-order valence-corrected chi connectivity index (χ2v) is 7.63. The molecule has 2 amide bonds. The number of rotatable bonds is 5. The molecule has 0 saturated heterocycles. The number of halogens is 6. The average Bonchev–Trinajstić information content (AvgIpc) is 2.74. The number of amides is 2. The third-order valence-electron chi connectivity index (χ3n) is 5.45. The number of benzene rings is 2. The van der Waals surface area contributed by atoms with E-state index in [0.717, 1.165) is 4.90 Å². The lowest BCUT2D eigenvalue weighted by molar-refractivity contribution is -0.143. The molecular formula is C22H20F6N2O3. The standard InChI is InChI=1S/C22H20F6N2O3/c1-30-18(12-9-13(21(23,24)25)11-14(10-12)22(26,27)28)17(19(32)29-7-4-8-31)15-5-2-3-6-16(15)20(30)33/h2-3,5-6,9-11,17-18,31H,4,7-8H2,1H3,(H,29,32). The number of nitrogens with zero attached hydrogens (tertiary/aromatic N) is 1. The molecule has 2 aromatic carbocycles. The number of hydrogen-bond donors (Lipinski definition) is 2. The van der Waals surface area contributed by atoms with Crippen LogP contribution in [0.5, 0.6) is 0 Å². The van der Waals surface area contributed by atoms with E-state index in [-0.39, 0.29) is 36.8 Å². The number of carbonyl (C=O) groups excluding carboxylic acids is 2. The van der Waals surface area contributed by atoms with Gasteiger partial charge in [0.1, 0.15) is 0 Å². The van der Waals surface area contributed by atoms with Crippen molar-refractivity contribution in [2.24, 2.45) is 0 Å². The first-order chi connectivity index (χ1) is 15.4. The normalized spacial score (nSPS) is 18.8. The van der Waals surface area contributed by atoms with Crippen LogP contribution in [0.25, 0.3) is 0 Å². The molecule has 2 N–H and O–H groups in total. The van der Waals surface area contributed by atoms with Crippen molar-refractivity contribution in [3.05, 3.63) is 70.3 Å². The summed E-state index contributed by atoms with van der Waals surface area (Å²) in [6.07, 6.45) is -9.96. The van der Waals surface area contributed by atoms with Crippen molar-refractivity contribution in [2.45, 2.75) is 30.7 Å². The number of hydrogen-bond acceptors (Lipinski definition) is 3. The highest BCUT2D eigenvalue weighted by molar-refractivity contribution is 6.01. The van der Waals surface area contributed by atoms with Crippen molar-refractivity contribution in [1.82, 2.24) is 10.2 Å². The lowest BCUT2D eigenvalue weighted by atomic mass is 9.78. The largest absolute Gasteiger partial charge is 0.416 e. The van der Waals surface area contributed by atoms with Gasteiger partial charge in [-0.3, -0.25) is 9.59 Å². The number of likely N-dealkylation sites (N-methyl/N-ethyl adjacent to an activating group) is 1. The minimum absolute atomic E-state index is 0.00157. The fraction of sp³-hybridized carbons (Fsp3) is 0.364. The van der Waals surface area contributed by atoms with Crippen LogP contribution in [0, 0.1) is 0 Å². The van der Waals surface area contributed by atoms with E-state index in [1.807, 2.05) is 0 Å². The van der Waals surface area contributed by atoms with Gasteiger partial charge in [-0.15, -0.1) is 0 Å². The Labute approximate surface area is 185 Å². The summed E-state index contributed by atoms with van der Waals surface area (Å²) >= 11 is 0. The molecule has 2 aromatic rings. The molecule has 3 rings (SSSR count). The molecule has 5 nitrogen and oxygen atoms in total. The maximum absolute atomic E-state index is 13.4. The first-order valence-electron chi connectivity index (χ1n) is 9.90. The Bertz CT molecular complexity index is 1020. The molecule has 33 heavy (non-hydrogen) atoms. The summed E-state index contributed by atoms with van der Waals surface area (Å²) in [4.78, 5) is 26.9. The van der Waals surface area contributed by atoms with Gasteiger partial charge in [0, 0.05) is 25.8 Å². The number of aliphatic hydroxyl groups is 1. The topological polar surface area (TPSA) is 69.6 Å². The highest BCUT2D eigenvalue weighted by Crippen LogP contribution is 2.45. The quantitative estimate of drug-likeness (QED) is 0.506. The molecule has 0 aromatic heterocycles. The Morgan fingerprint density at radius 2 is 1.61 bits per heavy atom. The molecule has 11 heteroatoms. The van der Waals surface area contributed by atoms with Crippen LogP contribution in [-0.4, -0.2) is 42.0 Å². The van der Waals surface area contributed by atoms with Crippen LogP contribution in [0.15, 0.2) is 42.5 Å². The minimum atomic E-state index is -5.08. The van der Waals surface area contributed by atoms with Crippen LogP contribution in [0.2, 0.25) is 0 Å². The van der Waals surface area contributed by atoms with E-state index in [2.05, 4.69) is 5.32 Å². The second-order valence-electron chi connectivity index (χ2n) is 7.63. The van der Waals surface area contributed by atoms with E-state index in [1.54, 1.807) is 0 Å². The fourth-order valence-electron chi connectivity index (χ4n) is 3.92. The molecule has 2 unspecified atom stereocenters. The Kier molecular flexibility index (Phi) is 6.73. The third-order valence-corrected chi connectivity index (χ3v) is 5.45. The number of fused-ring (bicyclic) bond motifs is 1. The van der Waals surface area contributed by atoms with Gasteiger partial charge in [-0.25, -0.2) is 0 Å². The van der Waals surface area contributed by atoms with Crippen molar-refractivity contribution >= 4 is 11.8 Å². The lowest BCUT2D eigenvalue weighted by Crippen LogP contribution is -2.46. The Balaban J connectivity index is 2.22. The highest BCUT2D eigenvalue weighted by atomic mass is 19.4. The number of carbonyl (C=O) groups is 2. The highest BCUT2D eigenvalue weighted by Gasteiger charge is 2.45. The van der Waals surface area contributed by atoms with Crippen LogP contribution in [0.4, 0.5) is 26.3 Å². The van der Waals surface area contributed by atoms with Gasteiger partial charge in [-0.05, 0) is 41.8 Å². The molecule has 178 valence electrons. The summed E-state index contributed by atoms with van der Waals surface area (Å²) in [5.74, 6) is -2.60. The summed E-state index contributed by atoms with van der Waals surface area (Å²) in [5.41, 5.74) is -3.22. The predicted molar refractivity (Wildman–Crippen MR) is 105 cm³/mol. The second kappa shape index (κ2) is 9.05.